The molecule has 1 fully saturated rings. The quantitative estimate of drug-likeness (QED) is 0.501. The lowest BCUT2D eigenvalue weighted by atomic mass is 10.2. The van der Waals surface area contributed by atoms with E-state index in [2.05, 4.69) is 5.32 Å². The fourth-order valence-electron chi connectivity index (χ4n) is 0.937. The van der Waals surface area contributed by atoms with E-state index in [1.807, 2.05) is 0 Å². The Morgan fingerprint density at radius 2 is 2.07 bits per heavy atom. The zero-order valence-corrected chi connectivity index (χ0v) is 9.03. The summed E-state index contributed by atoms with van der Waals surface area (Å²) in [5.74, 6) is 0.0926. The lowest BCUT2D eigenvalue weighted by Crippen LogP contribution is -2.24. The maximum Gasteiger partial charge on any atom is 0.218 e. The van der Waals surface area contributed by atoms with Gasteiger partial charge in [0.25, 0.3) is 0 Å². The summed E-state index contributed by atoms with van der Waals surface area (Å²) in [7, 11) is 3.45. The smallest absolute Gasteiger partial charge is 0.218 e. The maximum atomic E-state index is 10.1. The molecule has 1 aliphatic rings. The van der Waals surface area contributed by atoms with E-state index in [1.165, 1.54) is 11.8 Å². The Morgan fingerprint density at radius 1 is 1.57 bits per heavy atom. The monoisotopic (exact) mass is 204 g/mol. The minimum Gasteiger partial charge on any atom is -0.395 e. The van der Waals surface area contributed by atoms with E-state index >= 15 is 0 Å². The highest BCUT2D eigenvalue weighted by molar-refractivity contribution is 5.72. The summed E-state index contributed by atoms with van der Waals surface area (Å²) in [5.41, 5.74) is 0. The SMILES string of the molecule is CC(=O)N(C)C.OCC1CC(O)CN1. The molecule has 0 spiro atoms. The second-order valence-electron chi connectivity index (χ2n) is 3.59. The predicted molar refractivity (Wildman–Crippen MR) is 53.9 cm³/mol. The van der Waals surface area contributed by atoms with Crippen LogP contribution in [-0.2, 0) is 4.79 Å². The van der Waals surface area contributed by atoms with Gasteiger partial charge in [-0.2, -0.15) is 0 Å². The van der Waals surface area contributed by atoms with Crippen molar-refractivity contribution in [2.24, 2.45) is 0 Å². The molecule has 0 aliphatic carbocycles. The van der Waals surface area contributed by atoms with Crippen molar-refractivity contribution in [3.8, 4) is 0 Å². The number of aliphatic hydroxyl groups excluding tert-OH is 2. The molecule has 84 valence electrons. The molecule has 1 aliphatic heterocycles. The first-order chi connectivity index (χ1) is 6.47. The topological polar surface area (TPSA) is 72.8 Å². The number of hydrogen-bond donors (Lipinski definition) is 3. The summed E-state index contributed by atoms with van der Waals surface area (Å²) in [6.45, 7) is 2.29. The van der Waals surface area contributed by atoms with Gasteiger partial charge in [0.05, 0.1) is 12.7 Å². The number of β-amino-alcohol motifs (C(OH)–C–C–N with tert-alkyl or cyclic N) is 1. The summed E-state index contributed by atoms with van der Waals surface area (Å²) in [5, 5.41) is 20.3. The molecule has 1 saturated heterocycles. The van der Waals surface area contributed by atoms with E-state index < -0.39 is 0 Å². The van der Waals surface area contributed by atoms with Crippen molar-refractivity contribution in [2.45, 2.75) is 25.5 Å². The van der Waals surface area contributed by atoms with Gasteiger partial charge in [-0.25, -0.2) is 0 Å². The van der Waals surface area contributed by atoms with Crippen molar-refractivity contribution < 1.29 is 15.0 Å². The van der Waals surface area contributed by atoms with Gasteiger partial charge in [0.15, 0.2) is 0 Å². The Bertz CT molecular complexity index is 173. The summed E-state index contributed by atoms with van der Waals surface area (Å²) >= 11 is 0. The summed E-state index contributed by atoms with van der Waals surface area (Å²) in [6.07, 6.45) is 0.448. The van der Waals surface area contributed by atoms with Gasteiger partial charge < -0.3 is 20.4 Å². The first-order valence-corrected chi connectivity index (χ1v) is 4.67. The lowest BCUT2D eigenvalue weighted by Gasteiger charge is -2.02. The summed E-state index contributed by atoms with van der Waals surface area (Å²) in [6, 6.07) is 0.130. The molecular weight excluding hydrogens is 184 g/mol. The van der Waals surface area contributed by atoms with Crippen LogP contribution in [0.1, 0.15) is 13.3 Å². The van der Waals surface area contributed by atoms with Crippen molar-refractivity contribution >= 4 is 5.91 Å². The van der Waals surface area contributed by atoms with Crippen molar-refractivity contribution in [2.75, 3.05) is 27.2 Å². The first-order valence-electron chi connectivity index (χ1n) is 4.67. The zero-order valence-electron chi connectivity index (χ0n) is 9.03. The van der Waals surface area contributed by atoms with Gasteiger partial charge in [0, 0.05) is 33.6 Å². The molecule has 2 unspecified atom stereocenters. The molecule has 1 rings (SSSR count). The number of amides is 1. The minimum atomic E-state index is -0.243. The Balaban J connectivity index is 0.000000255. The number of rotatable bonds is 1. The zero-order chi connectivity index (χ0) is 11.1. The number of nitrogens with zero attached hydrogens (tertiary/aromatic N) is 1. The fraction of sp³-hybridized carbons (Fsp3) is 0.889. The van der Waals surface area contributed by atoms with Gasteiger partial charge in [-0.1, -0.05) is 0 Å². The van der Waals surface area contributed by atoms with E-state index in [-0.39, 0.29) is 24.7 Å². The molecule has 3 N–H and O–H groups in total. The highest BCUT2D eigenvalue weighted by atomic mass is 16.3. The van der Waals surface area contributed by atoms with Crippen molar-refractivity contribution in [1.29, 1.82) is 0 Å². The van der Waals surface area contributed by atoms with Crippen molar-refractivity contribution in [1.82, 2.24) is 10.2 Å². The molecule has 0 saturated carbocycles. The highest BCUT2D eigenvalue weighted by Gasteiger charge is 2.20. The van der Waals surface area contributed by atoms with Crippen molar-refractivity contribution in [3.05, 3.63) is 0 Å². The average molecular weight is 204 g/mol. The van der Waals surface area contributed by atoms with Crippen LogP contribution in [0.2, 0.25) is 0 Å². The number of hydrogen-bond acceptors (Lipinski definition) is 4. The summed E-state index contributed by atoms with van der Waals surface area (Å²) < 4.78 is 0. The molecule has 0 bridgehead atoms. The maximum absolute atomic E-state index is 10.1. The number of aliphatic hydroxyl groups is 2. The van der Waals surface area contributed by atoms with Crippen LogP contribution < -0.4 is 5.32 Å². The van der Waals surface area contributed by atoms with Gasteiger partial charge in [0.1, 0.15) is 0 Å². The third kappa shape index (κ3) is 5.90. The van der Waals surface area contributed by atoms with Crippen LogP contribution in [0.3, 0.4) is 0 Å². The second kappa shape index (κ2) is 6.75. The van der Waals surface area contributed by atoms with Gasteiger partial charge in [-0.15, -0.1) is 0 Å². The molecule has 0 radical (unpaired) electrons. The fourth-order valence-corrected chi connectivity index (χ4v) is 0.937. The van der Waals surface area contributed by atoms with Crippen LogP contribution in [-0.4, -0.2) is 60.4 Å². The second-order valence-corrected chi connectivity index (χ2v) is 3.59. The van der Waals surface area contributed by atoms with E-state index in [4.69, 9.17) is 10.2 Å². The normalized spacial score (nSPS) is 25.2. The third-order valence-electron chi connectivity index (χ3n) is 2.05. The first kappa shape index (κ1) is 13.4. The molecule has 14 heavy (non-hydrogen) atoms. The van der Waals surface area contributed by atoms with Crippen LogP contribution in [0.5, 0.6) is 0 Å². The van der Waals surface area contributed by atoms with Crippen LogP contribution >= 0.6 is 0 Å². The Morgan fingerprint density at radius 3 is 2.21 bits per heavy atom. The minimum absolute atomic E-state index is 0.0926. The molecule has 0 aromatic rings. The van der Waals surface area contributed by atoms with Gasteiger partial charge in [-0.3, -0.25) is 4.79 Å². The van der Waals surface area contributed by atoms with Crippen LogP contribution in [0.15, 0.2) is 0 Å². The summed E-state index contributed by atoms with van der Waals surface area (Å²) in [4.78, 5) is 11.6. The molecule has 0 aromatic carbocycles. The van der Waals surface area contributed by atoms with Crippen LogP contribution in [0, 0.1) is 0 Å². The molecule has 1 heterocycles. The van der Waals surface area contributed by atoms with Gasteiger partial charge in [-0.05, 0) is 6.42 Å². The largest absolute Gasteiger partial charge is 0.395 e. The van der Waals surface area contributed by atoms with E-state index in [1.54, 1.807) is 14.1 Å². The van der Waals surface area contributed by atoms with E-state index in [0.29, 0.717) is 13.0 Å². The molecular formula is C9H20N2O3. The number of carbonyl (C=O) groups excluding carboxylic acids is 1. The molecule has 1 amide bonds. The Kier molecular flexibility index (Phi) is 6.44. The van der Waals surface area contributed by atoms with Crippen LogP contribution in [0.4, 0.5) is 0 Å². The highest BCUT2D eigenvalue weighted by Crippen LogP contribution is 2.03. The molecule has 2 atom stereocenters. The number of nitrogens with one attached hydrogen (secondary N) is 1. The standard InChI is InChI=1S/C5H11NO2.C4H9NO/c7-3-4-1-5(8)2-6-4;1-4(6)5(2)3/h4-8H,1-3H2;1-3H3. The molecule has 5 nitrogen and oxygen atoms in total. The molecule has 0 aromatic heterocycles. The van der Waals surface area contributed by atoms with E-state index in [0.717, 1.165) is 0 Å². The van der Waals surface area contributed by atoms with Gasteiger partial charge >= 0.3 is 0 Å². The van der Waals surface area contributed by atoms with Crippen molar-refractivity contribution in [3.63, 3.8) is 0 Å². The van der Waals surface area contributed by atoms with Crippen LogP contribution in [0.25, 0.3) is 0 Å². The number of carbonyl (C=O) groups is 1. The van der Waals surface area contributed by atoms with E-state index in [9.17, 15) is 4.79 Å². The lowest BCUT2D eigenvalue weighted by molar-refractivity contribution is -0.126. The third-order valence-corrected chi connectivity index (χ3v) is 2.05. The Labute approximate surface area is 84.7 Å². The Hall–Kier alpha value is -0.650. The molecule has 5 heteroatoms. The average Bonchev–Trinajstić information content (AvgIpc) is 2.52. The van der Waals surface area contributed by atoms with Gasteiger partial charge in [0.2, 0.25) is 5.91 Å². The predicted octanol–water partition coefficient (Wildman–Crippen LogP) is -1.20.